The van der Waals surface area contributed by atoms with Crippen molar-refractivity contribution >= 4 is 17.4 Å². The predicted molar refractivity (Wildman–Crippen MR) is 85.7 cm³/mol. The van der Waals surface area contributed by atoms with Crippen molar-refractivity contribution in [3.8, 4) is 0 Å². The fraction of sp³-hybridized carbons (Fsp3) is 0.750. The normalized spacial score (nSPS) is 18.6. The third kappa shape index (κ3) is 3.08. The molecule has 0 atom stereocenters. The molecule has 3 nitrogen and oxygen atoms in total. The van der Waals surface area contributed by atoms with E-state index >= 15 is 0 Å². The molecule has 0 bridgehead atoms. The van der Waals surface area contributed by atoms with Crippen LogP contribution in [0.2, 0.25) is 5.15 Å². The first kappa shape index (κ1) is 15.6. The van der Waals surface area contributed by atoms with Gasteiger partial charge in [0.15, 0.2) is 0 Å². The number of hydrogen-bond acceptors (Lipinski definition) is 3. The lowest BCUT2D eigenvalue weighted by atomic mass is 9.78. The van der Waals surface area contributed by atoms with Gasteiger partial charge < -0.3 is 4.90 Å². The Hall–Kier alpha value is -0.830. The summed E-state index contributed by atoms with van der Waals surface area (Å²) >= 11 is 6.29. The van der Waals surface area contributed by atoms with Gasteiger partial charge in [0.1, 0.15) is 16.8 Å². The van der Waals surface area contributed by atoms with Gasteiger partial charge in [-0.2, -0.15) is 0 Å². The molecule has 20 heavy (non-hydrogen) atoms. The molecule has 1 aromatic rings. The van der Waals surface area contributed by atoms with E-state index in [1.165, 1.54) is 19.3 Å². The molecular weight excluding hydrogens is 270 g/mol. The summed E-state index contributed by atoms with van der Waals surface area (Å²) in [5, 5.41) is 0.600. The lowest BCUT2D eigenvalue weighted by Crippen LogP contribution is -2.39. The summed E-state index contributed by atoms with van der Waals surface area (Å²) in [6.07, 6.45) is 3.70. The van der Waals surface area contributed by atoms with Gasteiger partial charge in [-0.1, -0.05) is 45.7 Å². The molecule has 1 fully saturated rings. The number of piperidine rings is 1. The number of hydrogen-bond donors (Lipinski definition) is 0. The van der Waals surface area contributed by atoms with Crippen LogP contribution in [0, 0.1) is 12.3 Å². The summed E-state index contributed by atoms with van der Waals surface area (Å²) in [7, 11) is 0. The van der Waals surface area contributed by atoms with Crippen LogP contribution in [-0.2, 0) is 0 Å². The van der Waals surface area contributed by atoms with E-state index in [2.05, 4.69) is 37.6 Å². The lowest BCUT2D eigenvalue weighted by molar-refractivity contribution is 0.237. The van der Waals surface area contributed by atoms with Gasteiger partial charge in [-0.05, 0) is 25.2 Å². The minimum Gasteiger partial charge on any atom is -0.356 e. The Morgan fingerprint density at radius 3 is 2.35 bits per heavy atom. The summed E-state index contributed by atoms with van der Waals surface area (Å²) in [5.74, 6) is 2.18. The van der Waals surface area contributed by atoms with Crippen LogP contribution in [0.4, 0.5) is 5.82 Å². The molecule has 2 rings (SSSR count). The molecule has 0 N–H and O–H groups in total. The molecule has 0 aliphatic carbocycles. The molecule has 0 amide bonds. The first-order valence-corrected chi connectivity index (χ1v) is 8.03. The van der Waals surface area contributed by atoms with Crippen LogP contribution in [0.15, 0.2) is 0 Å². The summed E-state index contributed by atoms with van der Waals surface area (Å²) in [4.78, 5) is 11.5. The van der Waals surface area contributed by atoms with Crippen LogP contribution >= 0.6 is 11.6 Å². The molecule has 4 heteroatoms. The number of halogens is 1. The molecule has 1 aliphatic heterocycles. The van der Waals surface area contributed by atoms with E-state index in [0.29, 0.717) is 16.5 Å². The second-order valence-corrected chi connectivity index (χ2v) is 6.99. The minimum atomic E-state index is 0.303. The number of anilines is 1. The highest BCUT2D eigenvalue weighted by molar-refractivity contribution is 6.30. The second kappa shape index (κ2) is 5.88. The van der Waals surface area contributed by atoms with E-state index < -0.39 is 0 Å². The Bertz CT molecular complexity index is 477. The third-order valence-electron chi connectivity index (χ3n) is 4.72. The Morgan fingerprint density at radius 1 is 1.25 bits per heavy atom. The molecule has 0 saturated carbocycles. The van der Waals surface area contributed by atoms with E-state index in [0.717, 1.165) is 30.3 Å². The highest BCUT2D eigenvalue weighted by Crippen LogP contribution is 2.36. The van der Waals surface area contributed by atoms with E-state index in [1.807, 2.05) is 6.92 Å². The van der Waals surface area contributed by atoms with E-state index in [-0.39, 0.29) is 0 Å². The molecule has 0 aromatic carbocycles. The fourth-order valence-electron chi connectivity index (χ4n) is 2.67. The smallest absolute Gasteiger partial charge is 0.137 e. The van der Waals surface area contributed by atoms with Crippen LogP contribution in [0.25, 0.3) is 0 Å². The summed E-state index contributed by atoms with van der Waals surface area (Å²) in [6, 6.07) is 0. The maximum atomic E-state index is 6.29. The van der Waals surface area contributed by atoms with Crippen LogP contribution in [0.1, 0.15) is 64.3 Å². The van der Waals surface area contributed by atoms with Crippen molar-refractivity contribution in [1.29, 1.82) is 0 Å². The lowest BCUT2D eigenvalue weighted by Gasteiger charge is -2.40. The number of rotatable bonds is 3. The largest absolute Gasteiger partial charge is 0.356 e. The van der Waals surface area contributed by atoms with Gasteiger partial charge in [0.25, 0.3) is 0 Å². The highest BCUT2D eigenvalue weighted by Gasteiger charge is 2.30. The third-order valence-corrected chi connectivity index (χ3v) is 5.09. The van der Waals surface area contributed by atoms with Gasteiger partial charge in [0.2, 0.25) is 0 Å². The van der Waals surface area contributed by atoms with E-state index in [9.17, 15) is 0 Å². The average Bonchev–Trinajstić information content (AvgIpc) is 2.42. The molecule has 1 saturated heterocycles. The van der Waals surface area contributed by atoms with Crippen molar-refractivity contribution in [2.45, 2.75) is 59.8 Å². The highest BCUT2D eigenvalue weighted by atomic mass is 35.5. The molecule has 0 spiro atoms. The molecule has 1 aliphatic rings. The fourth-order valence-corrected chi connectivity index (χ4v) is 2.84. The number of aromatic nitrogens is 2. The minimum absolute atomic E-state index is 0.303. The molecular formula is C16H26ClN3. The van der Waals surface area contributed by atoms with Crippen molar-refractivity contribution in [2.24, 2.45) is 5.41 Å². The first-order chi connectivity index (χ1) is 9.36. The number of nitrogens with zero attached hydrogens (tertiary/aromatic N) is 3. The molecule has 112 valence electrons. The zero-order valence-corrected chi connectivity index (χ0v) is 14.1. The quantitative estimate of drug-likeness (QED) is 0.764. The van der Waals surface area contributed by atoms with Crippen molar-refractivity contribution in [3.63, 3.8) is 0 Å². The van der Waals surface area contributed by atoms with Gasteiger partial charge in [0, 0.05) is 24.6 Å². The molecule has 2 heterocycles. The van der Waals surface area contributed by atoms with Gasteiger partial charge in [-0.25, -0.2) is 9.97 Å². The zero-order valence-electron chi connectivity index (χ0n) is 13.3. The van der Waals surface area contributed by atoms with Crippen LogP contribution in [-0.4, -0.2) is 23.1 Å². The maximum absolute atomic E-state index is 6.29. The molecule has 0 unspecified atom stereocenters. The van der Waals surface area contributed by atoms with E-state index in [1.54, 1.807) is 0 Å². The summed E-state index contributed by atoms with van der Waals surface area (Å²) in [6.45, 7) is 13.1. The monoisotopic (exact) mass is 295 g/mol. The molecule has 0 radical (unpaired) electrons. The topological polar surface area (TPSA) is 29.0 Å². The zero-order chi connectivity index (χ0) is 14.9. The van der Waals surface area contributed by atoms with Crippen molar-refractivity contribution < 1.29 is 0 Å². The summed E-state index contributed by atoms with van der Waals surface area (Å²) in [5.41, 5.74) is 1.50. The first-order valence-electron chi connectivity index (χ1n) is 7.65. The Kier molecular flexibility index (Phi) is 4.58. The van der Waals surface area contributed by atoms with Gasteiger partial charge >= 0.3 is 0 Å². The molecule has 1 aromatic heterocycles. The predicted octanol–water partition coefficient (Wildman–Crippen LogP) is 4.58. The van der Waals surface area contributed by atoms with Crippen LogP contribution < -0.4 is 4.90 Å². The Labute approximate surface area is 127 Å². The van der Waals surface area contributed by atoms with Gasteiger partial charge in [0.05, 0.1) is 0 Å². The van der Waals surface area contributed by atoms with Crippen LogP contribution in [0.3, 0.4) is 0 Å². The van der Waals surface area contributed by atoms with Gasteiger partial charge in [-0.3, -0.25) is 0 Å². The average molecular weight is 296 g/mol. The van der Waals surface area contributed by atoms with Crippen LogP contribution in [0.5, 0.6) is 0 Å². The van der Waals surface area contributed by atoms with E-state index in [4.69, 9.17) is 16.6 Å². The van der Waals surface area contributed by atoms with Crippen molar-refractivity contribution in [3.05, 3.63) is 16.5 Å². The Balaban J connectivity index is 2.25. The van der Waals surface area contributed by atoms with Crippen molar-refractivity contribution in [1.82, 2.24) is 9.97 Å². The standard InChI is InChI=1S/C16H26ClN3/c1-6-16(5)7-9-20(10-8-16)15-12(4)13(17)18-14(19-15)11(2)3/h11H,6-10H2,1-5H3. The Morgan fingerprint density at radius 2 is 1.85 bits per heavy atom. The second-order valence-electron chi connectivity index (χ2n) is 6.63. The van der Waals surface area contributed by atoms with Crippen molar-refractivity contribution in [2.75, 3.05) is 18.0 Å². The van der Waals surface area contributed by atoms with Gasteiger partial charge in [-0.15, -0.1) is 0 Å². The maximum Gasteiger partial charge on any atom is 0.137 e. The summed E-state index contributed by atoms with van der Waals surface area (Å²) < 4.78 is 0. The SMILES string of the molecule is CCC1(C)CCN(c2nc(C(C)C)nc(Cl)c2C)CC1.